The van der Waals surface area contributed by atoms with Gasteiger partial charge in [-0.2, -0.15) is 12.6 Å². The number of thiol groups is 1. The highest BCUT2D eigenvalue weighted by molar-refractivity contribution is 7.80. The Bertz CT molecular complexity index is 1270. The zero-order valence-corrected chi connectivity index (χ0v) is 19.2. The lowest BCUT2D eigenvalue weighted by molar-refractivity contribution is -0.142. The second-order valence-corrected chi connectivity index (χ2v) is 8.08. The molecule has 0 aliphatic rings. The van der Waals surface area contributed by atoms with Crippen molar-refractivity contribution in [2.24, 2.45) is 0 Å². The molecule has 5 heteroatoms. The standard InChI is InChI=1S/C28H25NO3S/c1-32-28(31)26(18-19-33)29(25-17-9-13-21-12-5-6-15-23(21)25)27(30)24-16-8-7-14-22(24)20-10-3-2-4-11-20/h2-17,26,33H,18-19H2,1H3/t26-/m0/s1. The van der Waals surface area contributed by atoms with Crippen molar-refractivity contribution in [1.29, 1.82) is 0 Å². The number of amides is 1. The first-order chi connectivity index (χ1) is 16.2. The van der Waals surface area contributed by atoms with Gasteiger partial charge >= 0.3 is 5.97 Å². The van der Waals surface area contributed by atoms with Gasteiger partial charge in [-0.25, -0.2) is 4.79 Å². The maximum atomic E-state index is 14.2. The Morgan fingerprint density at radius 3 is 2.27 bits per heavy atom. The first-order valence-corrected chi connectivity index (χ1v) is 11.4. The summed E-state index contributed by atoms with van der Waals surface area (Å²) >= 11 is 4.36. The number of methoxy groups -OCH3 is 1. The average Bonchev–Trinajstić information content (AvgIpc) is 2.88. The van der Waals surface area contributed by atoms with Crippen molar-refractivity contribution in [1.82, 2.24) is 0 Å². The van der Waals surface area contributed by atoms with Crippen molar-refractivity contribution in [3.63, 3.8) is 0 Å². The van der Waals surface area contributed by atoms with Crippen LogP contribution in [0.2, 0.25) is 0 Å². The molecule has 0 N–H and O–H groups in total. The topological polar surface area (TPSA) is 46.6 Å². The van der Waals surface area contributed by atoms with Gasteiger partial charge in [0.1, 0.15) is 6.04 Å². The highest BCUT2D eigenvalue weighted by Crippen LogP contribution is 2.33. The predicted molar refractivity (Wildman–Crippen MR) is 137 cm³/mol. The average molecular weight is 456 g/mol. The Morgan fingerprint density at radius 1 is 0.848 bits per heavy atom. The molecule has 0 radical (unpaired) electrons. The molecule has 4 nitrogen and oxygen atoms in total. The van der Waals surface area contributed by atoms with E-state index in [1.807, 2.05) is 91.0 Å². The number of carbonyl (C=O) groups excluding carboxylic acids is 2. The largest absolute Gasteiger partial charge is 0.467 e. The Morgan fingerprint density at radius 2 is 1.52 bits per heavy atom. The molecule has 166 valence electrons. The van der Waals surface area contributed by atoms with E-state index in [4.69, 9.17) is 4.74 Å². The maximum absolute atomic E-state index is 14.2. The van der Waals surface area contributed by atoms with E-state index in [-0.39, 0.29) is 5.91 Å². The summed E-state index contributed by atoms with van der Waals surface area (Å²) in [6, 6.07) is 30.0. The van der Waals surface area contributed by atoms with E-state index in [9.17, 15) is 9.59 Å². The van der Waals surface area contributed by atoms with Gasteiger partial charge in [0.2, 0.25) is 0 Å². The molecule has 0 aromatic heterocycles. The van der Waals surface area contributed by atoms with Gasteiger partial charge in [0, 0.05) is 10.9 Å². The number of hydrogen-bond donors (Lipinski definition) is 1. The summed E-state index contributed by atoms with van der Waals surface area (Å²) in [6.45, 7) is 0. The van der Waals surface area contributed by atoms with Crippen molar-refractivity contribution in [2.75, 3.05) is 17.8 Å². The van der Waals surface area contributed by atoms with Crippen LogP contribution in [0, 0.1) is 0 Å². The Kier molecular flexibility index (Phi) is 7.10. The monoisotopic (exact) mass is 455 g/mol. The van der Waals surface area contributed by atoms with Gasteiger partial charge in [0.25, 0.3) is 5.91 Å². The molecule has 0 heterocycles. The van der Waals surface area contributed by atoms with E-state index < -0.39 is 12.0 Å². The SMILES string of the molecule is COC(=O)[C@H](CCS)N(C(=O)c1ccccc1-c1ccccc1)c1cccc2ccccc12. The number of carbonyl (C=O) groups is 2. The number of anilines is 1. The number of rotatable bonds is 7. The lowest BCUT2D eigenvalue weighted by Gasteiger charge is -2.31. The minimum absolute atomic E-state index is 0.261. The third kappa shape index (κ3) is 4.64. The second-order valence-electron chi connectivity index (χ2n) is 7.64. The molecular formula is C28H25NO3S. The fraction of sp³-hybridized carbons (Fsp3) is 0.143. The van der Waals surface area contributed by atoms with Crippen LogP contribution >= 0.6 is 12.6 Å². The van der Waals surface area contributed by atoms with Crippen LogP contribution < -0.4 is 4.90 Å². The predicted octanol–water partition coefficient (Wildman–Crippen LogP) is 6.02. The summed E-state index contributed by atoms with van der Waals surface area (Å²) in [4.78, 5) is 28.7. The van der Waals surface area contributed by atoms with Crippen molar-refractivity contribution in [3.8, 4) is 11.1 Å². The number of benzene rings is 4. The first kappa shape index (κ1) is 22.6. The lowest BCUT2D eigenvalue weighted by Crippen LogP contribution is -2.46. The number of fused-ring (bicyclic) bond motifs is 1. The minimum Gasteiger partial charge on any atom is -0.467 e. The highest BCUT2D eigenvalue weighted by Gasteiger charge is 2.34. The lowest BCUT2D eigenvalue weighted by atomic mass is 9.97. The van der Waals surface area contributed by atoms with Gasteiger partial charge in [0.05, 0.1) is 12.8 Å². The number of nitrogens with zero attached hydrogens (tertiary/aromatic N) is 1. The second kappa shape index (κ2) is 10.4. The molecule has 4 aromatic rings. The van der Waals surface area contributed by atoms with E-state index in [0.717, 1.165) is 21.9 Å². The van der Waals surface area contributed by atoms with Gasteiger partial charge in [-0.3, -0.25) is 9.69 Å². The van der Waals surface area contributed by atoms with Crippen LogP contribution in [0.1, 0.15) is 16.8 Å². The van der Waals surface area contributed by atoms with E-state index in [1.54, 1.807) is 11.0 Å². The van der Waals surface area contributed by atoms with Crippen molar-refractivity contribution < 1.29 is 14.3 Å². The molecular weight excluding hydrogens is 430 g/mol. The summed E-state index contributed by atoms with van der Waals surface area (Å²) in [5.74, 6) is -0.306. The van der Waals surface area contributed by atoms with E-state index >= 15 is 0 Å². The zero-order chi connectivity index (χ0) is 23.2. The molecule has 1 amide bonds. The quantitative estimate of drug-likeness (QED) is 0.274. The number of hydrogen-bond acceptors (Lipinski definition) is 4. The van der Waals surface area contributed by atoms with Gasteiger partial charge in [-0.1, -0.05) is 84.9 Å². The Hall–Kier alpha value is -3.57. The Labute approximate surface area is 199 Å². The zero-order valence-electron chi connectivity index (χ0n) is 18.3. The van der Waals surface area contributed by atoms with Crippen molar-refractivity contribution in [3.05, 3.63) is 103 Å². The summed E-state index contributed by atoms with van der Waals surface area (Å²) in [5.41, 5.74) is 2.92. The summed E-state index contributed by atoms with van der Waals surface area (Å²) in [6.07, 6.45) is 0.359. The van der Waals surface area contributed by atoms with Crippen LogP contribution in [0.15, 0.2) is 97.1 Å². The van der Waals surface area contributed by atoms with Gasteiger partial charge < -0.3 is 4.74 Å². The molecule has 0 bridgehead atoms. The van der Waals surface area contributed by atoms with E-state index in [2.05, 4.69) is 12.6 Å². The van der Waals surface area contributed by atoms with Gasteiger partial charge in [-0.05, 0) is 40.8 Å². The molecule has 1 atom stereocenters. The van der Waals surface area contributed by atoms with Crippen molar-refractivity contribution in [2.45, 2.75) is 12.5 Å². The van der Waals surface area contributed by atoms with Crippen LogP contribution in [-0.4, -0.2) is 30.8 Å². The minimum atomic E-state index is -0.811. The molecule has 0 aliphatic carbocycles. The molecule has 0 saturated heterocycles. The normalized spacial score (nSPS) is 11.7. The molecule has 0 saturated carbocycles. The first-order valence-electron chi connectivity index (χ1n) is 10.8. The summed E-state index contributed by atoms with van der Waals surface area (Å²) < 4.78 is 5.11. The molecule has 0 fully saturated rings. The summed E-state index contributed by atoms with van der Waals surface area (Å²) in [7, 11) is 1.34. The summed E-state index contributed by atoms with van der Waals surface area (Å²) in [5, 5.41) is 1.87. The van der Waals surface area contributed by atoms with Crippen LogP contribution in [0.4, 0.5) is 5.69 Å². The van der Waals surface area contributed by atoms with Crippen LogP contribution in [0.25, 0.3) is 21.9 Å². The molecule has 0 spiro atoms. The molecule has 0 unspecified atom stereocenters. The highest BCUT2D eigenvalue weighted by atomic mass is 32.1. The van der Waals surface area contributed by atoms with E-state index in [0.29, 0.717) is 23.4 Å². The maximum Gasteiger partial charge on any atom is 0.329 e. The van der Waals surface area contributed by atoms with Gasteiger partial charge in [0.15, 0.2) is 0 Å². The van der Waals surface area contributed by atoms with Crippen LogP contribution in [0.5, 0.6) is 0 Å². The van der Waals surface area contributed by atoms with E-state index in [1.165, 1.54) is 7.11 Å². The fourth-order valence-electron chi connectivity index (χ4n) is 4.12. The number of esters is 1. The fourth-order valence-corrected chi connectivity index (χ4v) is 4.36. The van der Waals surface area contributed by atoms with Crippen LogP contribution in [-0.2, 0) is 9.53 Å². The van der Waals surface area contributed by atoms with Gasteiger partial charge in [-0.15, -0.1) is 0 Å². The molecule has 0 aliphatic heterocycles. The molecule has 33 heavy (non-hydrogen) atoms. The van der Waals surface area contributed by atoms with Crippen molar-refractivity contribution >= 4 is 41.0 Å². The van der Waals surface area contributed by atoms with Crippen LogP contribution in [0.3, 0.4) is 0 Å². The molecule has 4 rings (SSSR count). The molecule has 4 aromatic carbocycles. The smallest absolute Gasteiger partial charge is 0.329 e. The Balaban J connectivity index is 1.93. The number of ether oxygens (including phenoxy) is 1. The third-order valence-electron chi connectivity index (χ3n) is 5.67. The third-order valence-corrected chi connectivity index (χ3v) is 5.93.